The first kappa shape index (κ1) is 11.8. The molecule has 1 aromatic carbocycles. The Bertz CT molecular complexity index is 320. The van der Waals surface area contributed by atoms with Crippen molar-refractivity contribution in [1.29, 1.82) is 0 Å². The summed E-state index contributed by atoms with van der Waals surface area (Å²) in [6, 6.07) is 8.24. The molecule has 0 heterocycles. The fraction of sp³-hybridized carbons (Fsp3) is 0.429. The largest absolute Gasteiger partial charge is 0.497 e. The van der Waals surface area contributed by atoms with Crippen molar-refractivity contribution in [3.8, 4) is 5.75 Å². The number of hydrogen-bond donors (Lipinski definition) is 0. The van der Waals surface area contributed by atoms with Crippen molar-refractivity contribution >= 4 is 0 Å². The Morgan fingerprint density at radius 3 is 2.33 bits per heavy atom. The lowest BCUT2D eigenvalue weighted by molar-refractivity contribution is 0.414. The third kappa shape index (κ3) is 3.78. The van der Waals surface area contributed by atoms with Gasteiger partial charge in [0, 0.05) is 0 Å². The fourth-order valence-corrected chi connectivity index (χ4v) is 1.28. The normalized spacial score (nSPS) is 11.9. The van der Waals surface area contributed by atoms with Crippen LogP contribution in [0.4, 0.5) is 0 Å². The first-order valence-electron chi connectivity index (χ1n) is 5.43. The van der Waals surface area contributed by atoms with E-state index in [4.69, 9.17) is 4.74 Å². The highest BCUT2D eigenvalue weighted by atomic mass is 16.5. The maximum atomic E-state index is 5.12. The Morgan fingerprint density at radius 2 is 1.87 bits per heavy atom. The number of methoxy groups -OCH3 is 1. The molecule has 0 unspecified atom stereocenters. The topological polar surface area (TPSA) is 9.23 Å². The van der Waals surface area contributed by atoms with Gasteiger partial charge in [-0.15, -0.1) is 0 Å². The van der Waals surface area contributed by atoms with Gasteiger partial charge in [0.15, 0.2) is 0 Å². The van der Waals surface area contributed by atoms with E-state index in [0.29, 0.717) is 5.92 Å². The van der Waals surface area contributed by atoms with E-state index in [1.165, 1.54) is 11.1 Å². The van der Waals surface area contributed by atoms with Crippen LogP contribution in [0.3, 0.4) is 0 Å². The Hall–Kier alpha value is -1.24. The molecule has 0 radical (unpaired) electrons. The molecule has 1 rings (SSSR count). The Kier molecular flexibility index (Phi) is 4.41. The van der Waals surface area contributed by atoms with Crippen LogP contribution in [0.5, 0.6) is 5.75 Å². The summed E-state index contributed by atoms with van der Waals surface area (Å²) in [4.78, 5) is 0. The minimum Gasteiger partial charge on any atom is -0.497 e. The van der Waals surface area contributed by atoms with Gasteiger partial charge in [0.25, 0.3) is 0 Å². The minimum atomic E-state index is 0.642. The predicted octanol–water partition coefficient (Wildman–Crippen LogP) is 3.84. The molecular formula is C14H20O. The zero-order valence-corrected chi connectivity index (χ0v) is 10.1. The van der Waals surface area contributed by atoms with Crippen molar-refractivity contribution in [3.63, 3.8) is 0 Å². The zero-order chi connectivity index (χ0) is 11.3. The number of benzene rings is 1. The molecule has 1 aromatic rings. The van der Waals surface area contributed by atoms with E-state index in [1.807, 2.05) is 12.1 Å². The maximum Gasteiger partial charge on any atom is 0.118 e. The van der Waals surface area contributed by atoms with Gasteiger partial charge < -0.3 is 4.74 Å². The van der Waals surface area contributed by atoms with Gasteiger partial charge in [-0.3, -0.25) is 0 Å². The second-order valence-corrected chi connectivity index (χ2v) is 4.16. The summed E-state index contributed by atoms with van der Waals surface area (Å²) in [5, 5.41) is 0. The van der Waals surface area contributed by atoms with Gasteiger partial charge in [0.05, 0.1) is 7.11 Å². The van der Waals surface area contributed by atoms with E-state index in [-0.39, 0.29) is 0 Å². The van der Waals surface area contributed by atoms with Crippen LogP contribution in [0.2, 0.25) is 0 Å². The standard InChI is InChI=1S/C14H20O/c1-11(2)12(3)5-6-13-7-9-14(15-4)10-8-13/h5,7-11H,6H2,1-4H3/b12-5+. The summed E-state index contributed by atoms with van der Waals surface area (Å²) in [7, 11) is 1.69. The number of allylic oxidation sites excluding steroid dienone is 2. The number of rotatable bonds is 4. The second kappa shape index (κ2) is 5.59. The van der Waals surface area contributed by atoms with E-state index < -0.39 is 0 Å². The van der Waals surface area contributed by atoms with Crippen molar-refractivity contribution in [2.24, 2.45) is 5.92 Å². The van der Waals surface area contributed by atoms with Crippen LogP contribution in [0.1, 0.15) is 26.3 Å². The van der Waals surface area contributed by atoms with Crippen molar-refractivity contribution in [1.82, 2.24) is 0 Å². The van der Waals surface area contributed by atoms with Crippen LogP contribution in [0.15, 0.2) is 35.9 Å². The summed E-state index contributed by atoms with van der Waals surface area (Å²) < 4.78 is 5.12. The monoisotopic (exact) mass is 204 g/mol. The highest BCUT2D eigenvalue weighted by Crippen LogP contribution is 2.14. The summed E-state index contributed by atoms with van der Waals surface area (Å²) in [5.41, 5.74) is 2.78. The van der Waals surface area contributed by atoms with Crippen LogP contribution in [-0.4, -0.2) is 7.11 Å². The zero-order valence-electron chi connectivity index (χ0n) is 10.1. The van der Waals surface area contributed by atoms with Crippen LogP contribution in [-0.2, 0) is 6.42 Å². The van der Waals surface area contributed by atoms with E-state index in [1.54, 1.807) is 7.11 Å². The lowest BCUT2D eigenvalue weighted by Crippen LogP contribution is -1.90. The van der Waals surface area contributed by atoms with E-state index >= 15 is 0 Å². The van der Waals surface area contributed by atoms with Gasteiger partial charge in [-0.05, 0) is 37.0 Å². The average molecular weight is 204 g/mol. The first-order valence-corrected chi connectivity index (χ1v) is 5.43. The van der Waals surface area contributed by atoms with Gasteiger partial charge in [-0.25, -0.2) is 0 Å². The van der Waals surface area contributed by atoms with Crippen molar-refractivity contribution in [2.75, 3.05) is 7.11 Å². The molecule has 1 nitrogen and oxygen atoms in total. The van der Waals surface area contributed by atoms with Crippen molar-refractivity contribution < 1.29 is 4.74 Å². The van der Waals surface area contributed by atoms with Gasteiger partial charge in [0.1, 0.15) is 5.75 Å². The molecule has 0 saturated carbocycles. The first-order chi connectivity index (χ1) is 7.13. The highest BCUT2D eigenvalue weighted by Gasteiger charge is 1.96. The van der Waals surface area contributed by atoms with Gasteiger partial charge in [-0.2, -0.15) is 0 Å². The lowest BCUT2D eigenvalue weighted by Gasteiger charge is -2.05. The molecule has 0 aliphatic heterocycles. The summed E-state index contributed by atoms with van der Waals surface area (Å²) in [6.45, 7) is 6.63. The minimum absolute atomic E-state index is 0.642. The number of hydrogen-bond acceptors (Lipinski definition) is 1. The molecule has 0 atom stereocenters. The van der Waals surface area contributed by atoms with Gasteiger partial charge in [0.2, 0.25) is 0 Å². The van der Waals surface area contributed by atoms with Crippen LogP contribution >= 0.6 is 0 Å². The molecule has 1 heteroatoms. The van der Waals surface area contributed by atoms with Crippen LogP contribution in [0, 0.1) is 5.92 Å². The quantitative estimate of drug-likeness (QED) is 0.677. The molecule has 0 N–H and O–H groups in total. The Morgan fingerprint density at radius 1 is 1.27 bits per heavy atom. The lowest BCUT2D eigenvalue weighted by atomic mass is 10.0. The van der Waals surface area contributed by atoms with Crippen molar-refractivity contribution in [2.45, 2.75) is 27.2 Å². The van der Waals surface area contributed by atoms with E-state index in [9.17, 15) is 0 Å². The third-order valence-electron chi connectivity index (χ3n) is 2.73. The predicted molar refractivity (Wildman–Crippen MR) is 65.3 cm³/mol. The summed E-state index contributed by atoms with van der Waals surface area (Å²) >= 11 is 0. The molecule has 0 fully saturated rings. The molecule has 0 bridgehead atoms. The summed E-state index contributed by atoms with van der Waals surface area (Å²) in [6.07, 6.45) is 3.31. The molecule has 0 saturated heterocycles. The SMILES string of the molecule is COc1ccc(C/C=C(\C)C(C)C)cc1. The Labute approximate surface area is 92.8 Å². The second-order valence-electron chi connectivity index (χ2n) is 4.16. The third-order valence-corrected chi connectivity index (χ3v) is 2.73. The molecule has 0 amide bonds. The van der Waals surface area contributed by atoms with Gasteiger partial charge in [-0.1, -0.05) is 37.6 Å². The molecule has 0 aliphatic rings. The van der Waals surface area contributed by atoms with Crippen LogP contribution < -0.4 is 4.74 Å². The molecular weight excluding hydrogens is 184 g/mol. The molecule has 15 heavy (non-hydrogen) atoms. The van der Waals surface area contributed by atoms with Gasteiger partial charge >= 0.3 is 0 Å². The smallest absolute Gasteiger partial charge is 0.118 e. The van der Waals surface area contributed by atoms with E-state index in [2.05, 4.69) is 39.0 Å². The van der Waals surface area contributed by atoms with Crippen molar-refractivity contribution in [3.05, 3.63) is 41.5 Å². The van der Waals surface area contributed by atoms with E-state index in [0.717, 1.165) is 12.2 Å². The highest BCUT2D eigenvalue weighted by molar-refractivity contribution is 5.28. The number of ether oxygens (including phenoxy) is 1. The molecule has 0 spiro atoms. The Balaban J connectivity index is 2.62. The molecule has 82 valence electrons. The molecule has 0 aromatic heterocycles. The summed E-state index contributed by atoms with van der Waals surface area (Å²) in [5.74, 6) is 1.56. The fourth-order valence-electron chi connectivity index (χ4n) is 1.28. The average Bonchev–Trinajstić information content (AvgIpc) is 2.26. The molecule has 0 aliphatic carbocycles. The maximum absolute atomic E-state index is 5.12. The van der Waals surface area contributed by atoms with Crippen LogP contribution in [0.25, 0.3) is 0 Å².